The molecule has 0 aliphatic heterocycles. The van der Waals surface area contributed by atoms with Gasteiger partial charge in [-0.3, -0.25) is 4.79 Å². The molecule has 0 spiro atoms. The Morgan fingerprint density at radius 3 is 2.73 bits per heavy atom. The number of benzene rings is 1. The van der Waals surface area contributed by atoms with E-state index in [1.165, 1.54) is 16.9 Å². The Kier molecular flexibility index (Phi) is 2.49. The van der Waals surface area contributed by atoms with Crippen LogP contribution in [0.3, 0.4) is 0 Å². The molecule has 0 aliphatic rings. The number of aryl methyl sites for hydroxylation is 1. The topological polar surface area (TPSA) is 26.3 Å². The summed E-state index contributed by atoms with van der Waals surface area (Å²) >= 11 is 1.50. The molecule has 0 atom stereocenters. The van der Waals surface area contributed by atoms with Crippen LogP contribution in [0, 0.1) is 6.92 Å². The normalized spacial score (nSPS) is 10.6. The molecule has 0 saturated heterocycles. The Bertz CT molecular complexity index is 526. The molecule has 0 radical (unpaired) electrons. The van der Waals surface area contributed by atoms with Gasteiger partial charge in [-0.15, -0.1) is 11.3 Å². The molecule has 1 aromatic heterocycles. The first-order valence-corrected chi connectivity index (χ1v) is 5.53. The number of hydrogen-bond donors (Lipinski definition) is 0. The molecule has 2 rings (SSSR count). The molecular formula is C12H12O2S. The van der Waals surface area contributed by atoms with Gasteiger partial charge in [0, 0.05) is 17.0 Å². The van der Waals surface area contributed by atoms with E-state index < -0.39 is 0 Å². The molecule has 0 aliphatic carbocycles. The summed E-state index contributed by atoms with van der Waals surface area (Å²) in [5, 5.41) is 1.03. The van der Waals surface area contributed by atoms with Gasteiger partial charge < -0.3 is 4.74 Å². The molecule has 3 heteroatoms. The smallest absolute Gasteiger partial charge is 0.173 e. The van der Waals surface area contributed by atoms with E-state index in [1.807, 2.05) is 19.1 Å². The van der Waals surface area contributed by atoms with Crippen molar-refractivity contribution in [2.24, 2.45) is 0 Å². The van der Waals surface area contributed by atoms with E-state index in [1.54, 1.807) is 14.0 Å². The second-order valence-corrected chi connectivity index (χ2v) is 4.57. The summed E-state index contributed by atoms with van der Waals surface area (Å²) in [4.78, 5) is 12.1. The van der Waals surface area contributed by atoms with Crippen molar-refractivity contribution in [2.45, 2.75) is 13.8 Å². The highest BCUT2D eigenvalue weighted by molar-refractivity contribution is 7.21. The molecular weight excluding hydrogens is 208 g/mol. The molecule has 1 heterocycles. The third kappa shape index (κ3) is 1.63. The lowest BCUT2D eigenvalue weighted by Gasteiger charge is -1.99. The first-order valence-electron chi connectivity index (χ1n) is 4.71. The third-order valence-electron chi connectivity index (χ3n) is 2.32. The van der Waals surface area contributed by atoms with Crippen LogP contribution in [0.4, 0.5) is 0 Å². The van der Waals surface area contributed by atoms with E-state index in [0.29, 0.717) is 10.6 Å². The zero-order valence-corrected chi connectivity index (χ0v) is 9.77. The summed E-state index contributed by atoms with van der Waals surface area (Å²) in [6, 6.07) is 6.11. The Morgan fingerprint density at radius 2 is 2.13 bits per heavy atom. The highest BCUT2D eigenvalue weighted by Crippen LogP contribution is 2.38. The van der Waals surface area contributed by atoms with E-state index in [0.717, 1.165) is 10.1 Å². The van der Waals surface area contributed by atoms with Crippen molar-refractivity contribution in [3.05, 3.63) is 28.6 Å². The maximum atomic E-state index is 11.4. The van der Waals surface area contributed by atoms with E-state index in [4.69, 9.17) is 4.74 Å². The summed E-state index contributed by atoms with van der Waals surface area (Å²) in [6.45, 7) is 3.61. The number of Topliss-reactive ketones (excluding diaryl/α,β-unsaturated/α-hetero) is 1. The quantitative estimate of drug-likeness (QED) is 0.725. The van der Waals surface area contributed by atoms with Gasteiger partial charge in [-0.05, 0) is 24.6 Å². The van der Waals surface area contributed by atoms with Crippen LogP contribution >= 0.6 is 11.3 Å². The standard InChI is InChI=1S/C12H12O2S/c1-7-4-5-9-10(6-7)15-12(8(2)13)11(9)14-3/h4-6H,1-3H3. The molecule has 0 amide bonds. The van der Waals surface area contributed by atoms with E-state index >= 15 is 0 Å². The van der Waals surface area contributed by atoms with Crippen LogP contribution in [0.2, 0.25) is 0 Å². The van der Waals surface area contributed by atoms with Crippen LogP contribution in [-0.2, 0) is 0 Å². The second-order valence-electron chi connectivity index (χ2n) is 3.52. The highest BCUT2D eigenvalue weighted by Gasteiger charge is 2.15. The van der Waals surface area contributed by atoms with Crippen LogP contribution in [0.5, 0.6) is 5.75 Å². The van der Waals surface area contributed by atoms with Crippen molar-refractivity contribution in [2.75, 3.05) is 7.11 Å². The number of carbonyl (C=O) groups excluding carboxylic acids is 1. The average Bonchev–Trinajstić information content (AvgIpc) is 2.55. The van der Waals surface area contributed by atoms with Crippen LogP contribution in [0.25, 0.3) is 10.1 Å². The SMILES string of the molecule is COc1c(C(C)=O)sc2cc(C)ccc12. The van der Waals surface area contributed by atoms with Gasteiger partial charge in [-0.1, -0.05) is 6.07 Å². The van der Waals surface area contributed by atoms with Gasteiger partial charge in [0.05, 0.1) is 7.11 Å². The number of rotatable bonds is 2. The van der Waals surface area contributed by atoms with Gasteiger partial charge in [0.2, 0.25) is 0 Å². The number of hydrogen-bond acceptors (Lipinski definition) is 3. The Balaban J connectivity index is 2.78. The number of fused-ring (bicyclic) bond motifs is 1. The van der Waals surface area contributed by atoms with E-state index in [2.05, 4.69) is 6.07 Å². The molecule has 2 aromatic rings. The van der Waals surface area contributed by atoms with Crippen molar-refractivity contribution in [3.8, 4) is 5.75 Å². The minimum Gasteiger partial charge on any atom is -0.494 e. The lowest BCUT2D eigenvalue weighted by molar-refractivity contribution is 0.101. The van der Waals surface area contributed by atoms with Crippen molar-refractivity contribution < 1.29 is 9.53 Å². The van der Waals surface area contributed by atoms with Gasteiger partial charge in [-0.2, -0.15) is 0 Å². The monoisotopic (exact) mass is 220 g/mol. The molecule has 1 aromatic carbocycles. The van der Waals surface area contributed by atoms with Crippen LogP contribution in [0.15, 0.2) is 18.2 Å². The Labute approximate surface area is 92.5 Å². The number of ketones is 1. The highest BCUT2D eigenvalue weighted by atomic mass is 32.1. The van der Waals surface area contributed by atoms with Crippen LogP contribution in [-0.4, -0.2) is 12.9 Å². The largest absolute Gasteiger partial charge is 0.494 e. The van der Waals surface area contributed by atoms with Crippen molar-refractivity contribution in [3.63, 3.8) is 0 Å². The predicted molar refractivity (Wildman–Crippen MR) is 63.1 cm³/mol. The summed E-state index contributed by atoms with van der Waals surface area (Å²) in [5.41, 5.74) is 1.20. The molecule has 0 fully saturated rings. The fourth-order valence-corrected chi connectivity index (χ4v) is 2.78. The maximum Gasteiger partial charge on any atom is 0.173 e. The zero-order valence-electron chi connectivity index (χ0n) is 8.96. The maximum absolute atomic E-state index is 11.4. The van der Waals surface area contributed by atoms with Gasteiger partial charge >= 0.3 is 0 Å². The molecule has 15 heavy (non-hydrogen) atoms. The first-order chi connectivity index (χ1) is 7.13. The van der Waals surface area contributed by atoms with Crippen LogP contribution in [0.1, 0.15) is 22.2 Å². The van der Waals surface area contributed by atoms with E-state index in [-0.39, 0.29) is 5.78 Å². The average molecular weight is 220 g/mol. The molecule has 0 unspecified atom stereocenters. The molecule has 2 nitrogen and oxygen atoms in total. The molecule has 0 N–H and O–H groups in total. The number of methoxy groups -OCH3 is 1. The summed E-state index contributed by atoms with van der Waals surface area (Å²) in [7, 11) is 1.60. The van der Waals surface area contributed by atoms with Gasteiger partial charge in [0.15, 0.2) is 5.78 Å². The van der Waals surface area contributed by atoms with Crippen LogP contribution < -0.4 is 4.74 Å². The summed E-state index contributed by atoms with van der Waals surface area (Å²) in [5.74, 6) is 0.771. The molecule has 0 bridgehead atoms. The Morgan fingerprint density at radius 1 is 1.40 bits per heavy atom. The number of ether oxygens (including phenoxy) is 1. The molecule has 78 valence electrons. The predicted octanol–water partition coefficient (Wildman–Crippen LogP) is 3.42. The zero-order chi connectivity index (χ0) is 11.0. The van der Waals surface area contributed by atoms with Gasteiger partial charge in [-0.25, -0.2) is 0 Å². The first kappa shape index (κ1) is 10.2. The van der Waals surface area contributed by atoms with Crippen molar-refractivity contribution in [1.29, 1.82) is 0 Å². The second kappa shape index (κ2) is 3.66. The van der Waals surface area contributed by atoms with Gasteiger partial charge in [0.25, 0.3) is 0 Å². The molecule has 0 saturated carbocycles. The summed E-state index contributed by atoms with van der Waals surface area (Å²) in [6.07, 6.45) is 0. The fraction of sp³-hybridized carbons (Fsp3) is 0.250. The minimum absolute atomic E-state index is 0.0608. The lowest BCUT2D eigenvalue weighted by atomic mass is 10.1. The lowest BCUT2D eigenvalue weighted by Crippen LogP contribution is -1.91. The fourth-order valence-electron chi connectivity index (χ4n) is 1.61. The third-order valence-corrected chi connectivity index (χ3v) is 3.56. The Hall–Kier alpha value is -1.35. The van der Waals surface area contributed by atoms with Crippen molar-refractivity contribution in [1.82, 2.24) is 0 Å². The van der Waals surface area contributed by atoms with Crippen molar-refractivity contribution >= 4 is 27.2 Å². The minimum atomic E-state index is 0.0608. The number of thiophene rings is 1. The summed E-state index contributed by atoms with van der Waals surface area (Å²) < 4.78 is 6.40. The number of carbonyl (C=O) groups is 1. The van der Waals surface area contributed by atoms with E-state index in [9.17, 15) is 4.79 Å². The van der Waals surface area contributed by atoms with Gasteiger partial charge in [0.1, 0.15) is 10.6 Å².